The van der Waals surface area contributed by atoms with Crippen molar-refractivity contribution in [3.05, 3.63) is 56.8 Å². The first-order chi connectivity index (χ1) is 11.5. The van der Waals surface area contributed by atoms with Crippen LogP contribution in [-0.2, 0) is 13.1 Å². The Balaban J connectivity index is 1.46. The third-order valence-corrected chi connectivity index (χ3v) is 5.59. The van der Waals surface area contributed by atoms with Crippen LogP contribution in [0.3, 0.4) is 0 Å². The molecular formula is C18H21N3O2S. The van der Waals surface area contributed by atoms with Crippen LogP contribution in [0.25, 0.3) is 4.96 Å². The zero-order valence-corrected chi connectivity index (χ0v) is 15.0. The van der Waals surface area contributed by atoms with E-state index in [9.17, 15) is 4.79 Å². The Morgan fingerprint density at radius 3 is 2.96 bits per heavy atom. The number of thiazole rings is 1. The summed E-state index contributed by atoms with van der Waals surface area (Å²) in [6.45, 7) is 5.52. The van der Waals surface area contributed by atoms with Crippen molar-refractivity contribution in [3.63, 3.8) is 0 Å². The van der Waals surface area contributed by atoms with Gasteiger partial charge >= 0.3 is 0 Å². The normalized spacial score (nSPS) is 20.2. The SMILES string of the molecule is Cc1csc2nc(CN(C)Cc3ccc([C@H]4C[C@@H]4C)o3)cc(=O)n12. The highest BCUT2D eigenvalue weighted by Crippen LogP contribution is 2.47. The van der Waals surface area contributed by atoms with E-state index in [1.54, 1.807) is 10.5 Å². The lowest BCUT2D eigenvalue weighted by Gasteiger charge is -2.14. The van der Waals surface area contributed by atoms with E-state index in [1.165, 1.54) is 17.8 Å². The Kier molecular flexibility index (Phi) is 3.81. The fraction of sp³-hybridized carbons (Fsp3) is 0.444. The molecule has 0 saturated heterocycles. The summed E-state index contributed by atoms with van der Waals surface area (Å²) in [6.07, 6.45) is 1.23. The van der Waals surface area contributed by atoms with Crippen molar-refractivity contribution >= 4 is 16.3 Å². The van der Waals surface area contributed by atoms with Crippen molar-refractivity contribution in [1.82, 2.24) is 14.3 Å². The Morgan fingerprint density at radius 2 is 2.21 bits per heavy atom. The molecule has 0 spiro atoms. The summed E-state index contributed by atoms with van der Waals surface area (Å²) < 4.78 is 7.61. The molecule has 0 amide bonds. The van der Waals surface area contributed by atoms with Crippen molar-refractivity contribution in [2.24, 2.45) is 5.92 Å². The number of fused-ring (bicyclic) bond motifs is 1. The van der Waals surface area contributed by atoms with Crippen molar-refractivity contribution in [3.8, 4) is 0 Å². The topological polar surface area (TPSA) is 50.8 Å². The lowest BCUT2D eigenvalue weighted by atomic mass is 10.3. The molecule has 3 aromatic rings. The van der Waals surface area contributed by atoms with Gasteiger partial charge in [0, 0.05) is 29.6 Å². The van der Waals surface area contributed by atoms with Gasteiger partial charge in [0.25, 0.3) is 5.56 Å². The van der Waals surface area contributed by atoms with Crippen LogP contribution in [0.2, 0.25) is 0 Å². The minimum absolute atomic E-state index is 0.00911. The molecular weight excluding hydrogens is 322 g/mol. The Hall–Kier alpha value is -1.92. The third-order valence-electron chi connectivity index (χ3n) is 4.64. The second-order valence-corrected chi connectivity index (χ2v) is 7.71. The second kappa shape index (κ2) is 5.86. The second-order valence-electron chi connectivity index (χ2n) is 6.88. The van der Waals surface area contributed by atoms with Crippen LogP contribution < -0.4 is 5.56 Å². The molecule has 2 atom stereocenters. The molecule has 0 aliphatic heterocycles. The molecule has 0 aromatic carbocycles. The molecule has 1 fully saturated rings. The molecule has 0 bridgehead atoms. The van der Waals surface area contributed by atoms with Gasteiger partial charge in [0.2, 0.25) is 0 Å². The van der Waals surface area contributed by atoms with Crippen LogP contribution in [0.1, 0.15) is 42.2 Å². The van der Waals surface area contributed by atoms with E-state index >= 15 is 0 Å². The number of hydrogen-bond donors (Lipinski definition) is 0. The number of furan rings is 1. The van der Waals surface area contributed by atoms with Crippen LogP contribution in [0.5, 0.6) is 0 Å². The molecule has 1 aliphatic carbocycles. The average molecular weight is 343 g/mol. The van der Waals surface area contributed by atoms with Gasteiger partial charge in [-0.2, -0.15) is 0 Å². The zero-order valence-electron chi connectivity index (χ0n) is 14.2. The molecule has 5 nitrogen and oxygen atoms in total. The minimum atomic E-state index is -0.00911. The van der Waals surface area contributed by atoms with E-state index in [1.807, 2.05) is 19.4 Å². The van der Waals surface area contributed by atoms with Crippen molar-refractivity contribution in [2.75, 3.05) is 7.05 Å². The number of aryl methyl sites for hydroxylation is 1. The van der Waals surface area contributed by atoms with Gasteiger partial charge in [-0.05, 0) is 38.4 Å². The highest BCUT2D eigenvalue weighted by Gasteiger charge is 2.36. The van der Waals surface area contributed by atoms with Gasteiger partial charge in [0.15, 0.2) is 4.96 Å². The maximum Gasteiger partial charge on any atom is 0.259 e. The van der Waals surface area contributed by atoms with Gasteiger partial charge in [-0.25, -0.2) is 4.98 Å². The maximum absolute atomic E-state index is 12.2. The molecule has 1 aliphatic rings. The van der Waals surface area contributed by atoms with E-state index in [0.717, 1.165) is 33.8 Å². The highest BCUT2D eigenvalue weighted by molar-refractivity contribution is 7.15. The van der Waals surface area contributed by atoms with Crippen molar-refractivity contribution in [1.29, 1.82) is 0 Å². The van der Waals surface area contributed by atoms with Crippen LogP contribution >= 0.6 is 11.3 Å². The number of nitrogens with zero attached hydrogens (tertiary/aromatic N) is 3. The molecule has 24 heavy (non-hydrogen) atoms. The Bertz CT molecular complexity index is 939. The first-order valence-electron chi connectivity index (χ1n) is 8.25. The minimum Gasteiger partial charge on any atom is -0.464 e. The van der Waals surface area contributed by atoms with Crippen LogP contribution in [0.4, 0.5) is 0 Å². The van der Waals surface area contributed by atoms with Gasteiger partial charge in [-0.1, -0.05) is 6.92 Å². The molecule has 0 radical (unpaired) electrons. The molecule has 0 N–H and O–H groups in total. The van der Waals surface area contributed by atoms with Gasteiger partial charge in [0.1, 0.15) is 11.5 Å². The fourth-order valence-electron chi connectivity index (χ4n) is 3.18. The largest absolute Gasteiger partial charge is 0.464 e. The van der Waals surface area contributed by atoms with E-state index in [4.69, 9.17) is 4.42 Å². The smallest absolute Gasteiger partial charge is 0.259 e. The highest BCUT2D eigenvalue weighted by atomic mass is 32.1. The molecule has 4 rings (SSSR count). The summed E-state index contributed by atoms with van der Waals surface area (Å²) in [4.78, 5) is 19.7. The summed E-state index contributed by atoms with van der Waals surface area (Å²) in [5.74, 6) is 3.43. The Labute approximate surface area is 144 Å². The summed E-state index contributed by atoms with van der Waals surface area (Å²) >= 11 is 1.50. The Morgan fingerprint density at radius 1 is 1.42 bits per heavy atom. The number of aromatic nitrogens is 2. The van der Waals surface area contributed by atoms with E-state index < -0.39 is 0 Å². The van der Waals surface area contributed by atoms with Gasteiger partial charge in [-0.15, -0.1) is 11.3 Å². The summed E-state index contributed by atoms with van der Waals surface area (Å²) in [5.41, 5.74) is 1.72. The van der Waals surface area contributed by atoms with E-state index in [-0.39, 0.29) is 5.56 Å². The summed E-state index contributed by atoms with van der Waals surface area (Å²) in [5, 5.41) is 1.96. The summed E-state index contributed by atoms with van der Waals surface area (Å²) in [7, 11) is 2.02. The lowest BCUT2D eigenvalue weighted by Crippen LogP contribution is -2.21. The third kappa shape index (κ3) is 2.91. The van der Waals surface area contributed by atoms with E-state index in [0.29, 0.717) is 19.0 Å². The zero-order chi connectivity index (χ0) is 16.8. The fourth-order valence-corrected chi connectivity index (χ4v) is 4.07. The molecule has 6 heteroatoms. The first-order valence-corrected chi connectivity index (χ1v) is 9.13. The average Bonchev–Trinajstić information content (AvgIpc) is 2.92. The van der Waals surface area contributed by atoms with E-state index in [2.05, 4.69) is 28.9 Å². The number of rotatable bonds is 5. The molecule has 1 saturated carbocycles. The van der Waals surface area contributed by atoms with Crippen molar-refractivity contribution < 1.29 is 4.42 Å². The maximum atomic E-state index is 12.2. The number of hydrogen-bond acceptors (Lipinski definition) is 5. The molecule has 3 aromatic heterocycles. The van der Waals surface area contributed by atoms with Crippen LogP contribution in [-0.4, -0.2) is 21.3 Å². The van der Waals surface area contributed by atoms with Crippen LogP contribution in [0, 0.1) is 12.8 Å². The van der Waals surface area contributed by atoms with Gasteiger partial charge in [-0.3, -0.25) is 14.1 Å². The predicted molar refractivity (Wildman–Crippen MR) is 94.5 cm³/mol. The lowest BCUT2D eigenvalue weighted by molar-refractivity contribution is 0.280. The molecule has 0 unspecified atom stereocenters. The standard InChI is InChI=1S/C18H21N3O2S/c1-11-6-15(11)16-5-4-14(23-16)9-20(3)8-13-7-17(22)21-12(2)10-24-18(21)19-13/h4-5,7,10-11,15H,6,8-9H2,1-3H3/t11-,15-/m0/s1. The van der Waals surface area contributed by atoms with Crippen molar-refractivity contribution in [2.45, 2.75) is 39.3 Å². The summed E-state index contributed by atoms with van der Waals surface area (Å²) in [6, 6.07) is 5.79. The van der Waals surface area contributed by atoms with Gasteiger partial charge in [0.05, 0.1) is 12.2 Å². The predicted octanol–water partition coefficient (Wildman–Crippen LogP) is 3.41. The van der Waals surface area contributed by atoms with Crippen LogP contribution in [0.15, 0.2) is 32.8 Å². The monoisotopic (exact) mass is 343 g/mol. The molecule has 126 valence electrons. The molecule has 3 heterocycles. The van der Waals surface area contributed by atoms with Gasteiger partial charge < -0.3 is 4.42 Å². The first kappa shape index (κ1) is 15.6. The quantitative estimate of drug-likeness (QED) is 0.712.